The lowest BCUT2D eigenvalue weighted by Crippen LogP contribution is -2.40. The first-order chi connectivity index (χ1) is 19.1. The smallest absolute Gasteiger partial charge is 0.224 e. The molecule has 3 fully saturated rings. The second-order valence-electron chi connectivity index (χ2n) is 10.8. The Morgan fingerprint density at radius 3 is 2.33 bits per heavy atom. The highest BCUT2D eigenvalue weighted by Crippen LogP contribution is 2.35. The molecule has 1 aromatic carbocycles. The summed E-state index contributed by atoms with van der Waals surface area (Å²) in [6, 6.07) is 10.1. The molecule has 2 aliphatic carbocycles. The minimum absolute atomic E-state index is 0. The Morgan fingerprint density at radius 2 is 1.75 bits per heavy atom. The monoisotopic (exact) mass is 565 g/mol. The van der Waals surface area contributed by atoms with Crippen LogP contribution in [0.4, 0.5) is 5.69 Å². The maximum Gasteiger partial charge on any atom is 0.224 e. The Morgan fingerprint density at radius 1 is 1.10 bits per heavy atom. The molecule has 214 valence electrons. The average Bonchev–Trinajstić information content (AvgIpc) is 3.55. The zero-order valence-corrected chi connectivity index (χ0v) is 23.7. The van der Waals surface area contributed by atoms with Gasteiger partial charge < -0.3 is 15.6 Å². The molecule has 2 saturated carbocycles. The lowest BCUT2D eigenvalue weighted by atomic mass is 9.88. The molecular formula is C29H39N7O3S. The summed E-state index contributed by atoms with van der Waals surface area (Å²) in [5.41, 5.74) is 2.78. The van der Waals surface area contributed by atoms with Gasteiger partial charge in [-0.25, -0.2) is 13.1 Å². The van der Waals surface area contributed by atoms with E-state index in [9.17, 15) is 13.2 Å². The van der Waals surface area contributed by atoms with Gasteiger partial charge in [-0.2, -0.15) is 10.4 Å². The number of anilines is 1. The number of benzene rings is 1. The van der Waals surface area contributed by atoms with Crippen molar-refractivity contribution in [2.24, 2.45) is 5.92 Å². The van der Waals surface area contributed by atoms with Gasteiger partial charge in [0.2, 0.25) is 5.91 Å². The van der Waals surface area contributed by atoms with E-state index in [1.165, 1.54) is 17.2 Å². The number of carbonyl (C=O) groups excluding carboxylic acids is 1. The molecule has 10 nitrogen and oxygen atoms in total. The van der Waals surface area contributed by atoms with Crippen LogP contribution in [0.2, 0.25) is 0 Å². The number of hydrogen-bond donors (Lipinski definition) is 3. The van der Waals surface area contributed by atoms with E-state index in [1.807, 2.05) is 24.3 Å². The second kappa shape index (κ2) is 12.6. The van der Waals surface area contributed by atoms with Gasteiger partial charge in [0.05, 0.1) is 23.8 Å². The Hall–Kier alpha value is -3.78. The molecule has 0 atom stereocenters. The van der Waals surface area contributed by atoms with Crippen LogP contribution in [-0.4, -0.2) is 65.8 Å². The van der Waals surface area contributed by atoms with Crippen LogP contribution < -0.4 is 10.2 Å². The van der Waals surface area contributed by atoms with E-state index in [4.69, 9.17) is 16.1 Å². The van der Waals surface area contributed by atoms with Crippen LogP contribution in [-0.2, 0) is 14.6 Å². The normalized spacial score (nSPS) is 19.6. The molecule has 1 amide bonds. The first-order valence-electron chi connectivity index (χ1n) is 13.8. The maximum absolute atomic E-state index is 11.8. The van der Waals surface area contributed by atoms with Crippen molar-refractivity contribution in [2.75, 3.05) is 29.5 Å². The van der Waals surface area contributed by atoms with Gasteiger partial charge in [0, 0.05) is 43.6 Å². The van der Waals surface area contributed by atoms with E-state index in [1.54, 1.807) is 25.4 Å². The lowest BCUT2D eigenvalue weighted by Gasteiger charge is -2.28. The zero-order chi connectivity index (χ0) is 28.8. The fourth-order valence-corrected chi connectivity index (χ4v) is 6.01. The topological polar surface area (TPSA) is 156 Å². The predicted molar refractivity (Wildman–Crippen MR) is 159 cm³/mol. The Balaban J connectivity index is 0.000000260. The van der Waals surface area contributed by atoms with Crippen molar-refractivity contribution in [2.45, 2.75) is 57.4 Å². The molecule has 3 N–H and O–H groups in total. The van der Waals surface area contributed by atoms with Crippen LogP contribution >= 0.6 is 0 Å². The summed E-state index contributed by atoms with van der Waals surface area (Å²) in [6.07, 6.45) is 13.8. The second-order valence-corrected chi connectivity index (χ2v) is 13.1. The number of hydrogen-bond acceptors (Lipinski definition) is 8. The molecular weight excluding hydrogens is 526 g/mol. The minimum atomic E-state index is -2.88. The highest BCUT2D eigenvalue weighted by atomic mass is 32.2. The number of allylic oxidation sites excluding steroid dienone is 2. The number of aromatic nitrogens is 2. The summed E-state index contributed by atoms with van der Waals surface area (Å²) in [7, 11) is -2.88. The fourth-order valence-electron chi connectivity index (χ4n) is 4.81. The van der Waals surface area contributed by atoms with Gasteiger partial charge in [-0.15, -0.1) is 0 Å². The summed E-state index contributed by atoms with van der Waals surface area (Å²) in [5, 5.41) is 31.2. The van der Waals surface area contributed by atoms with Crippen LogP contribution in [0.3, 0.4) is 0 Å². The van der Waals surface area contributed by atoms with Gasteiger partial charge in [0.15, 0.2) is 9.84 Å². The van der Waals surface area contributed by atoms with Gasteiger partial charge in [-0.1, -0.05) is 31.4 Å². The van der Waals surface area contributed by atoms with Crippen molar-refractivity contribution in [1.29, 1.82) is 16.1 Å². The fraction of sp³-hybridized carbons (Fsp3) is 0.483. The van der Waals surface area contributed by atoms with Crippen molar-refractivity contribution in [3.63, 3.8) is 0 Å². The molecule has 0 unspecified atom stereocenters. The van der Waals surface area contributed by atoms with Gasteiger partial charge in [-0.3, -0.25) is 10.2 Å². The summed E-state index contributed by atoms with van der Waals surface area (Å²) < 4.78 is 24.5. The van der Waals surface area contributed by atoms with Gasteiger partial charge in [0.25, 0.3) is 0 Å². The number of amides is 1. The molecule has 0 spiro atoms. The van der Waals surface area contributed by atoms with E-state index in [-0.39, 0.29) is 30.6 Å². The van der Waals surface area contributed by atoms with E-state index < -0.39 is 15.4 Å². The summed E-state index contributed by atoms with van der Waals surface area (Å²) >= 11 is 0. The predicted octanol–water partition coefficient (Wildman–Crippen LogP) is 4.19. The van der Waals surface area contributed by atoms with Gasteiger partial charge >= 0.3 is 0 Å². The van der Waals surface area contributed by atoms with Gasteiger partial charge in [-0.05, 0) is 62.5 Å². The largest absolute Gasteiger partial charge is 0.369 e. The number of carbonyl (C=O) groups is 1. The molecule has 2 heterocycles. The molecule has 3 aliphatic rings. The molecule has 2 aromatic rings. The molecule has 5 rings (SSSR count). The van der Waals surface area contributed by atoms with Crippen molar-refractivity contribution in [3.8, 4) is 17.2 Å². The van der Waals surface area contributed by atoms with Crippen LogP contribution in [0.25, 0.3) is 11.1 Å². The van der Waals surface area contributed by atoms with Crippen molar-refractivity contribution < 1.29 is 14.6 Å². The van der Waals surface area contributed by atoms with E-state index in [0.717, 1.165) is 55.3 Å². The number of nitrogens with one attached hydrogen (secondary N) is 3. The molecule has 40 heavy (non-hydrogen) atoms. The van der Waals surface area contributed by atoms with Crippen molar-refractivity contribution >= 4 is 33.0 Å². The number of rotatable bonds is 6. The van der Waals surface area contributed by atoms with Gasteiger partial charge in [0.1, 0.15) is 11.4 Å². The third-order valence-corrected chi connectivity index (χ3v) is 9.14. The third kappa shape index (κ3) is 7.88. The Labute approximate surface area is 237 Å². The number of nitrogens with zero attached hydrogens (tertiary/aromatic N) is 4. The molecule has 11 heteroatoms. The standard InChI is InChI=1S/C18H21N5O2S.C11H16N2O.H2/c1-14(19)2-7-18(20)23-13-16(12-21-23)15-3-5-17(6-4-15)22-8-10-26(24,25)11-9-22;12-8-11(6-7-11)13-10(14)9-4-2-1-3-5-9;/h2-7,12-13,19-20H,8-11H2,1H3;9H,1-7H2,(H,13,14);1H/b7-2-,19-14?,20-18?;;. The van der Waals surface area contributed by atoms with Crippen LogP contribution in [0.15, 0.2) is 48.8 Å². The Bertz CT molecular complexity index is 1400. The zero-order valence-electron chi connectivity index (χ0n) is 22.9. The minimum Gasteiger partial charge on any atom is -0.369 e. The quantitative estimate of drug-likeness (QED) is 0.352. The van der Waals surface area contributed by atoms with E-state index >= 15 is 0 Å². The van der Waals surface area contributed by atoms with E-state index in [2.05, 4.69) is 21.4 Å². The summed E-state index contributed by atoms with van der Waals surface area (Å²) in [5.74, 6) is 0.881. The molecule has 1 saturated heterocycles. The van der Waals surface area contributed by atoms with Crippen LogP contribution in [0, 0.1) is 28.1 Å². The summed E-state index contributed by atoms with van der Waals surface area (Å²) in [4.78, 5) is 13.8. The van der Waals surface area contributed by atoms with E-state index in [0.29, 0.717) is 18.8 Å². The lowest BCUT2D eigenvalue weighted by molar-refractivity contribution is -0.126. The summed E-state index contributed by atoms with van der Waals surface area (Å²) in [6.45, 7) is 2.70. The SMILES string of the molecule is CC(=N)/C=C\C(=N)n1cc(-c2ccc(N3CCS(=O)(=O)CC3)cc2)cn1.N#CC1(NC(=O)C2CCCCC2)CC1.[HH]. The van der Waals surface area contributed by atoms with Crippen LogP contribution in [0.1, 0.15) is 53.3 Å². The Kier molecular flexibility index (Phi) is 9.20. The molecule has 0 bridgehead atoms. The molecule has 1 aromatic heterocycles. The van der Waals surface area contributed by atoms with Crippen molar-refractivity contribution in [3.05, 3.63) is 48.8 Å². The molecule has 0 radical (unpaired) electrons. The average molecular weight is 566 g/mol. The highest BCUT2D eigenvalue weighted by molar-refractivity contribution is 7.91. The third-order valence-electron chi connectivity index (χ3n) is 7.53. The number of nitriles is 1. The maximum atomic E-state index is 11.8. The molecule has 1 aliphatic heterocycles. The number of sulfone groups is 1. The van der Waals surface area contributed by atoms with Crippen molar-refractivity contribution in [1.82, 2.24) is 15.1 Å². The first-order valence-corrected chi connectivity index (χ1v) is 15.6. The highest BCUT2D eigenvalue weighted by Gasteiger charge is 2.45. The van der Waals surface area contributed by atoms with Crippen LogP contribution in [0.5, 0.6) is 0 Å². The first kappa shape index (κ1) is 29.2.